The highest BCUT2D eigenvalue weighted by Gasteiger charge is 2.56. The van der Waals surface area contributed by atoms with Gasteiger partial charge in [-0.25, -0.2) is 0 Å². The van der Waals surface area contributed by atoms with Crippen LogP contribution in [0.5, 0.6) is 0 Å². The Morgan fingerprint density at radius 2 is 0.712 bits per heavy atom. The third-order valence-corrected chi connectivity index (χ3v) is 13.2. The number of hydrogen-bond acceptors (Lipinski definition) is 31. The van der Waals surface area contributed by atoms with Crippen molar-refractivity contribution in [3.05, 3.63) is 0 Å². The van der Waals surface area contributed by atoms with Gasteiger partial charge in [0.2, 0.25) is 11.8 Å². The van der Waals surface area contributed by atoms with E-state index in [-0.39, 0.29) is 0 Å². The van der Waals surface area contributed by atoms with E-state index in [1.807, 2.05) is 0 Å². The number of rotatable bonds is 18. The van der Waals surface area contributed by atoms with Crippen LogP contribution in [0.25, 0.3) is 0 Å². The number of aliphatic hydroxyl groups excluding tert-OH is 18. The summed E-state index contributed by atoms with van der Waals surface area (Å²) in [7, 11) is 0. The van der Waals surface area contributed by atoms with E-state index in [0.717, 1.165) is 13.8 Å². The summed E-state index contributed by atoms with van der Waals surface area (Å²) < 4.78 is 61.5. The standard InChI is InChI=1S/C40H68N2O31/c1-9(47)41-17-23(53)20(50)15(65-35(17)62)7-63-37-30(60)27(57)33(14(6-46)69-37)72-40-31(61)34(22(52)12(4-44)67-40)73-36-18(42-10(2)48)24(54)21(51)16(70-36)8-64-38-29(59)26(56)32(13(5-45)68-38)71-39-28(58)25(55)19(49)11(3-43)66-39/h11-40,43-46,49-62H,3-8H2,1-2H3,(H,41,47)(H,42,48)/t11-,12-,13-,14-,15-,16-,17-,18-,19+,20-,21-,22+,23-,24-,25+,26-,27-,28-,29-,30-,31-,32-,33-,34+,35-,36+,37-,38-,39+,40+/m1/s1. The van der Waals surface area contributed by atoms with Gasteiger partial charge in [0.1, 0.15) is 146 Å². The topological polar surface area (TPSA) is 524 Å². The normalized spacial score (nSPS) is 49.8. The summed E-state index contributed by atoms with van der Waals surface area (Å²) in [5, 5.41) is 196. The number of hydrogen-bond donors (Lipinski definition) is 20. The zero-order chi connectivity index (χ0) is 53.9. The summed E-state index contributed by atoms with van der Waals surface area (Å²) in [5.41, 5.74) is 0. The molecule has 0 bridgehead atoms. The Balaban J connectivity index is 1.11. The van der Waals surface area contributed by atoms with Crippen LogP contribution in [-0.4, -0.2) is 327 Å². The smallest absolute Gasteiger partial charge is 0.217 e. The van der Waals surface area contributed by atoms with Crippen molar-refractivity contribution in [2.24, 2.45) is 0 Å². The Hall–Kier alpha value is -2.22. The van der Waals surface area contributed by atoms with Crippen LogP contribution in [0.1, 0.15) is 13.8 Å². The van der Waals surface area contributed by atoms with Crippen LogP contribution in [0.2, 0.25) is 0 Å². The van der Waals surface area contributed by atoms with Gasteiger partial charge in [0, 0.05) is 13.8 Å². The van der Waals surface area contributed by atoms with E-state index < -0.39 is 236 Å². The lowest BCUT2D eigenvalue weighted by Crippen LogP contribution is -2.69. The van der Waals surface area contributed by atoms with Crippen LogP contribution < -0.4 is 10.6 Å². The number of ether oxygens (including phenoxy) is 11. The number of carbonyl (C=O) groups is 2. The molecule has 2 amide bonds. The summed E-state index contributed by atoms with van der Waals surface area (Å²) in [6, 6.07) is -3.13. The molecule has 0 aromatic rings. The maximum atomic E-state index is 12.3. The van der Waals surface area contributed by atoms with Crippen molar-refractivity contribution in [1.82, 2.24) is 10.6 Å². The predicted octanol–water partition coefficient (Wildman–Crippen LogP) is -13.8. The molecule has 33 nitrogen and oxygen atoms in total. The summed E-state index contributed by atoms with van der Waals surface area (Å²) in [6.07, 6.45) is -51.8. The van der Waals surface area contributed by atoms with Gasteiger partial charge in [-0.1, -0.05) is 0 Å². The molecule has 20 N–H and O–H groups in total. The van der Waals surface area contributed by atoms with Crippen LogP contribution in [0.3, 0.4) is 0 Å². The van der Waals surface area contributed by atoms with Gasteiger partial charge in [0.15, 0.2) is 37.7 Å². The largest absolute Gasteiger partial charge is 0.394 e. The Kier molecular flexibility index (Phi) is 21.3. The third kappa shape index (κ3) is 13.2. The summed E-state index contributed by atoms with van der Waals surface area (Å²) in [6.45, 7) is -3.20. The molecule has 6 heterocycles. The molecule has 6 aliphatic heterocycles. The average Bonchev–Trinajstić information content (AvgIpc) is 3.35. The van der Waals surface area contributed by atoms with E-state index in [1.54, 1.807) is 0 Å². The zero-order valence-corrected chi connectivity index (χ0v) is 38.9. The van der Waals surface area contributed by atoms with Gasteiger partial charge in [0.05, 0.1) is 39.6 Å². The van der Waals surface area contributed by atoms with Crippen molar-refractivity contribution in [3.8, 4) is 0 Å². The molecular weight excluding hydrogens is 1000 g/mol. The highest BCUT2D eigenvalue weighted by atomic mass is 16.8. The highest BCUT2D eigenvalue weighted by Crippen LogP contribution is 2.35. The molecule has 0 aromatic carbocycles. The van der Waals surface area contributed by atoms with Gasteiger partial charge in [-0.15, -0.1) is 0 Å². The van der Waals surface area contributed by atoms with E-state index in [9.17, 15) is 102 Å². The number of carbonyl (C=O) groups excluding carboxylic acids is 2. The molecule has 0 spiro atoms. The Morgan fingerprint density at radius 1 is 0.356 bits per heavy atom. The van der Waals surface area contributed by atoms with Gasteiger partial charge in [-0.2, -0.15) is 0 Å². The minimum Gasteiger partial charge on any atom is -0.394 e. The van der Waals surface area contributed by atoms with Crippen molar-refractivity contribution < 1.29 is 154 Å². The first-order valence-electron chi connectivity index (χ1n) is 23.1. The maximum absolute atomic E-state index is 12.3. The molecule has 33 heteroatoms. The zero-order valence-electron chi connectivity index (χ0n) is 38.9. The van der Waals surface area contributed by atoms with Gasteiger partial charge in [-0.05, 0) is 0 Å². The minimum absolute atomic E-state index is 0.654. The van der Waals surface area contributed by atoms with Gasteiger partial charge < -0.3 is 155 Å². The second-order valence-corrected chi connectivity index (χ2v) is 18.3. The molecule has 6 fully saturated rings. The molecule has 0 saturated carbocycles. The fourth-order valence-electron chi connectivity index (χ4n) is 9.11. The molecule has 0 aliphatic carbocycles. The first kappa shape index (κ1) is 60.0. The number of amides is 2. The quantitative estimate of drug-likeness (QED) is 0.0606. The van der Waals surface area contributed by atoms with E-state index in [0.29, 0.717) is 0 Å². The van der Waals surface area contributed by atoms with E-state index in [4.69, 9.17) is 52.1 Å². The SMILES string of the molecule is CC(=O)N[C@@H]1[C@@H](O)[C@H](O)[C@@H](CO[C@@H]2O[C@H](CO)[C@@H](O[C@@H]3O[C@H](CO)[C@H](O)[C@H](O[C@@H]4O[C@H](CO[C@@H]5O[C@H](CO)[C@@H](O[C@@H]6O[C@H](CO)[C@H](O)[C@H](O)[C@H]6O)[C@H](O)[C@H]5O)[C@@H](O)[C@H](O)[C@H]4NC(C)=O)[C@H]3O)[C@H](O)[C@H]2O)O[C@H]1O. The molecule has 6 rings (SSSR count). The maximum Gasteiger partial charge on any atom is 0.217 e. The van der Waals surface area contributed by atoms with Crippen molar-refractivity contribution >= 4 is 11.8 Å². The summed E-state index contributed by atoms with van der Waals surface area (Å²) >= 11 is 0. The van der Waals surface area contributed by atoms with Gasteiger partial charge in [-0.3, -0.25) is 9.59 Å². The lowest BCUT2D eigenvalue weighted by atomic mass is 9.95. The summed E-state index contributed by atoms with van der Waals surface area (Å²) in [4.78, 5) is 23.8. The number of aliphatic hydroxyl groups is 18. The van der Waals surface area contributed by atoms with Crippen molar-refractivity contribution in [2.45, 2.75) is 198 Å². The van der Waals surface area contributed by atoms with Crippen LogP contribution in [-0.2, 0) is 61.7 Å². The second-order valence-electron chi connectivity index (χ2n) is 18.3. The van der Waals surface area contributed by atoms with Gasteiger partial charge in [0.25, 0.3) is 0 Å². The molecule has 6 saturated heterocycles. The first-order valence-corrected chi connectivity index (χ1v) is 23.1. The first-order chi connectivity index (χ1) is 34.5. The molecule has 73 heavy (non-hydrogen) atoms. The Morgan fingerprint density at radius 3 is 1.18 bits per heavy atom. The van der Waals surface area contributed by atoms with Crippen molar-refractivity contribution in [3.63, 3.8) is 0 Å². The molecule has 30 atom stereocenters. The Labute approximate surface area is 413 Å². The molecule has 0 unspecified atom stereocenters. The molecule has 0 aromatic heterocycles. The van der Waals surface area contributed by atoms with Crippen LogP contribution in [0.15, 0.2) is 0 Å². The highest BCUT2D eigenvalue weighted by molar-refractivity contribution is 5.73. The average molecular weight is 1070 g/mol. The van der Waals surface area contributed by atoms with E-state index in [1.165, 1.54) is 0 Å². The number of nitrogens with one attached hydrogen (secondary N) is 2. The predicted molar refractivity (Wildman–Crippen MR) is 222 cm³/mol. The van der Waals surface area contributed by atoms with E-state index >= 15 is 0 Å². The second kappa shape index (κ2) is 26.0. The molecule has 0 radical (unpaired) electrons. The third-order valence-electron chi connectivity index (χ3n) is 13.2. The van der Waals surface area contributed by atoms with E-state index in [2.05, 4.69) is 10.6 Å². The lowest BCUT2D eigenvalue weighted by molar-refractivity contribution is -0.379. The molecule has 6 aliphatic rings. The fraction of sp³-hybridized carbons (Fsp3) is 0.950. The lowest BCUT2D eigenvalue weighted by Gasteiger charge is -2.49. The van der Waals surface area contributed by atoms with Crippen LogP contribution >= 0.6 is 0 Å². The van der Waals surface area contributed by atoms with Crippen molar-refractivity contribution in [2.75, 3.05) is 39.6 Å². The fourth-order valence-corrected chi connectivity index (χ4v) is 9.11. The monoisotopic (exact) mass is 1070 g/mol. The molecular formula is C40H68N2O31. The van der Waals surface area contributed by atoms with Crippen LogP contribution in [0, 0.1) is 0 Å². The summed E-state index contributed by atoms with van der Waals surface area (Å²) in [5.74, 6) is -1.47. The minimum atomic E-state index is -2.18. The van der Waals surface area contributed by atoms with Crippen LogP contribution in [0.4, 0.5) is 0 Å². The van der Waals surface area contributed by atoms with Crippen molar-refractivity contribution in [1.29, 1.82) is 0 Å². The van der Waals surface area contributed by atoms with Gasteiger partial charge >= 0.3 is 0 Å². The Bertz CT molecular complexity index is 1740. The molecule has 424 valence electrons.